The van der Waals surface area contributed by atoms with Crippen molar-refractivity contribution >= 4 is 0 Å². The number of hydrogen-bond acceptors (Lipinski definition) is 0. The molecule has 2 rings (SSSR count). The molecule has 0 radical (unpaired) electrons. The summed E-state index contributed by atoms with van der Waals surface area (Å²) in [5.41, 5.74) is 0.523. The van der Waals surface area contributed by atoms with E-state index in [0.717, 1.165) is 5.92 Å². The van der Waals surface area contributed by atoms with Crippen LogP contribution >= 0.6 is 0 Å². The van der Waals surface area contributed by atoms with E-state index in [1.165, 1.54) is 19.3 Å². The van der Waals surface area contributed by atoms with Crippen LogP contribution in [0.2, 0.25) is 0 Å². The van der Waals surface area contributed by atoms with Crippen LogP contribution in [0.5, 0.6) is 0 Å². The van der Waals surface area contributed by atoms with Crippen LogP contribution in [-0.2, 0) is 0 Å². The third-order valence-corrected chi connectivity index (χ3v) is 2.79. The Labute approximate surface area is 62.6 Å². The summed E-state index contributed by atoms with van der Waals surface area (Å²) in [6, 6.07) is 0. The predicted octanol–water partition coefficient (Wildman–Crippen LogP) is 2.92. The highest BCUT2D eigenvalue weighted by Crippen LogP contribution is 2.49. The normalized spacial score (nSPS) is 38.5. The topological polar surface area (TPSA) is 0 Å². The van der Waals surface area contributed by atoms with Crippen molar-refractivity contribution in [3.8, 4) is 0 Å². The zero-order valence-electron chi connectivity index (χ0n) is 6.51. The smallest absolute Gasteiger partial charge is 0.00806 e. The first-order valence-electron chi connectivity index (χ1n) is 4.16. The van der Waals surface area contributed by atoms with Crippen molar-refractivity contribution in [2.75, 3.05) is 0 Å². The summed E-state index contributed by atoms with van der Waals surface area (Å²) in [6.45, 7) is 2.38. The highest BCUT2D eigenvalue weighted by molar-refractivity contribution is 5.18. The molecule has 10 heavy (non-hydrogen) atoms. The van der Waals surface area contributed by atoms with Crippen LogP contribution in [-0.4, -0.2) is 0 Å². The van der Waals surface area contributed by atoms with Crippen LogP contribution in [0.3, 0.4) is 0 Å². The Morgan fingerprint density at radius 1 is 1.30 bits per heavy atom. The molecule has 1 atom stereocenters. The third kappa shape index (κ3) is 0.920. The first kappa shape index (κ1) is 6.21. The lowest BCUT2D eigenvalue weighted by atomic mass is 9.79. The molecule has 1 unspecified atom stereocenters. The van der Waals surface area contributed by atoms with Gasteiger partial charge in [0.25, 0.3) is 0 Å². The van der Waals surface area contributed by atoms with Crippen molar-refractivity contribution in [3.05, 3.63) is 24.3 Å². The molecule has 0 N–H and O–H groups in total. The average molecular weight is 134 g/mol. The van der Waals surface area contributed by atoms with E-state index in [1.54, 1.807) is 0 Å². The summed E-state index contributed by atoms with van der Waals surface area (Å²) in [6.07, 6.45) is 13.2. The minimum Gasteiger partial charge on any atom is -0.0837 e. The largest absolute Gasteiger partial charge is 0.0837 e. The molecule has 1 fully saturated rings. The average Bonchev–Trinajstić information content (AvgIpc) is 2.69. The standard InChI is InChI=1S/C10H14/c1-10(9-5-6-9)7-3-2-4-8-10/h2-4,7,9H,5-6,8H2,1H3. The SMILES string of the molecule is CC1(C2CC2)C=CC=CC1. The Hall–Kier alpha value is -0.520. The second-order valence-corrected chi connectivity index (χ2v) is 3.77. The maximum absolute atomic E-state index is 2.38. The molecule has 0 bridgehead atoms. The Morgan fingerprint density at radius 3 is 2.60 bits per heavy atom. The van der Waals surface area contributed by atoms with Gasteiger partial charge in [-0.2, -0.15) is 0 Å². The van der Waals surface area contributed by atoms with Gasteiger partial charge in [-0.05, 0) is 30.6 Å². The molecule has 0 saturated heterocycles. The molecule has 0 nitrogen and oxygen atoms in total. The van der Waals surface area contributed by atoms with Gasteiger partial charge in [-0.1, -0.05) is 31.2 Å². The van der Waals surface area contributed by atoms with Crippen molar-refractivity contribution < 1.29 is 0 Å². The minimum atomic E-state index is 0.523. The molecule has 0 aromatic carbocycles. The minimum absolute atomic E-state index is 0.523. The Balaban J connectivity index is 2.14. The highest BCUT2D eigenvalue weighted by Gasteiger charge is 2.38. The van der Waals surface area contributed by atoms with Crippen molar-refractivity contribution in [1.29, 1.82) is 0 Å². The second kappa shape index (κ2) is 1.98. The molecule has 0 aromatic heterocycles. The molecule has 54 valence electrons. The van der Waals surface area contributed by atoms with Gasteiger partial charge in [0.2, 0.25) is 0 Å². The zero-order chi connectivity index (χ0) is 7.03. The lowest BCUT2D eigenvalue weighted by molar-refractivity contribution is 0.367. The number of allylic oxidation sites excluding steroid dienone is 4. The fraction of sp³-hybridized carbons (Fsp3) is 0.600. The first-order chi connectivity index (χ1) is 4.81. The van der Waals surface area contributed by atoms with Gasteiger partial charge in [-0.25, -0.2) is 0 Å². The van der Waals surface area contributed by atoms with E-state index >= 15 is 0 Å². The summed E-state index contributed by atoms with van der Waals surface area (Å²) < 4.78 is 0. The van der Waals surface area contributed by atoms with Gasteiger partial charge in [0, 0.05) is 0 Å². The predicted molar refractivity (Wildman–Crippen MR) is 43.7 cm³/mol. The number of hydrogen-bond donors (Lipinski definition) is 0. The molecule has 0 heterocycles. The van der Waals surface area contributed by atoms with Gasteiger partial charge in [-0.3, -0.25) is 0 Å². The zero-order valence-corrected chi connectivity index (χ0v) is 6.51. The van der Waals surface area contributed by atoms with Gasteiger partial charge in [0.05, 0.1) is 0 Å². The molecular weight excluding hydrogens is 120 g/mol. The van der Waals surface area contributed by atoms with E-state index in [9.17, 15) is 0 Å². The van der Waals surface area contributed by atoms with E-state index in [0.29, 0.717) is 5.41 Å². The molecule has 0 heteroatoms. The summed E-state index contributed by atoms with van der Waals surface area (Å²) in [5, 5.41) is 0. The molecule has 0 spiro atoms. The maximum atomic E-state index is 2.38. The van der Waals surface area contributed by atoms with Crippen LogP contribution in [0.25, 0.3) is 0 Å². The lowest BCUT2D eigenvalue weighted by Crippen LogP contribution is -2.15. The van der Waals surface area contributed by atoms with Crippen LogP contribution in [0, 0.1) is 11.3 Å². The Morgan fingerprint density at radius 2 is 2.10 bits per heavy atom. The van der Waals surface area contributed by atoms with Crippen LogP contribution in [0.15, 0.2) is 24.3 Å². The molecule has 2 aliphatic carbocycles. The monoisotopic (exact) mass is 134 g/mol. The molecule has 2 aliphatic rings. The summed E-state index contributed by atoms with van der Waals surface area (Å²) in [5.74, 6) is 0.994. The van der Waals surface area contributed by atoms with E-state index in [-0.39, 0.29) is 0 Å². The quantitative estimate of drug-likeness (QED) is 0.517. The van der Waals surface area contributed by atoms with Gasteiger partial charge in [0.15, 0.2) is 0 Å². The second-order valence-electron chi connectivity index (χ2n) is 3.77. The summed E-state index contributed by atoms with van der Waals surface area (Å²) in [7, 11) is 0. The maximum Gasteiger partial charge on any atom is -0.00806 e. The number of rotatable bonds is 1. The fourth-order valence-electron chi connectivity index (χ4n) is 1.79. The lowest BCUT2D eigenvalue weighted by Gasteiger charge is -2.25. The van der Waals surface area contributed by atoms with Crippen molar-refractivity contribution in [3.63, 3.8) is 0 Å². The Kier molecular flexibility index (Phi) is 1.23. The van der Waals surface area contributed by atoms with Gasteiger partial charge in [0.1, 0.15) is 0 Å². The van der Waals surface area contributed by atoms with Crippen molar-refractivity contribution in [1.82, 2.24) is 0 Å². The van der Waals surface area contributed by atoms with Crippen molar-refractivity contribution in [2.24, 2.45) is 11.3 Å². The van der Waals surface area contributed by atoms with Crippen LogP contribution < -0.4 is 0 Å². The Bertz CT molecular complexity index is 184. The van der Waals surface area contributed by atoms with Crippen LogP contribution in [0.1, 0.15) is 26.2 Å². The summed E-state index contributed by atoms with van der Waals surface area (Å²) >= 11 is 0. The first-order valence-corrected chi connectivity index (χ1v) is 4.16. The molecule has 0 aromatic rings. The van der Waals surface area contributed by atoms with Crippen molar-refractivity contribution in [2.45, 2.75) is 26.2 Å². The van der Waals surface area contributed by atoms with E-state index in [4.69, 9.17) is 0 Å². The van der Waals surface area contributed by atoms with Gasteiger partial charge >= 0.3 is 0 Å². The molecule has 0 aliphatic heterocycles. The highest BCUT2D eigenvalue weighted by atomic mass is 14.4. The summed E-state index contributed by atoms with van der Waals surface area (Å²) in [4.78, 5) is 0. The van der Waals surface area contributed by atoms with Crippen LogP contribution in [0.4, 0.5) is 0 Å². The van der Waals surface area contributed by atoms with Gasteiger partial charge in [-0.15, -0.1) is 0 Å². The third-order valence-electron chi connectivity index (χ3n) is 2.79. The van der Waals surface area contributed by atoms with E-state index in [2.05, 4.69) is 31.2 Å². The molecular formula is C10H14. The van der Waals surface area contributed by atoms with E-state index in [1.807, 2.05) is 0 Å². The van der Waals surface area contributed by atoms with Gasteiger partial charge < -0.3 is 0 Å². The van der Waals surface area contributed by atoms with E-state index < -0.39 is 0 Å². The molecule has 1 saturated carbocycles. The molecule has 0 amide bonds. The fourth-order valence-corrected chi connectivity index (χ4v) is 1.79.